The number of amides is 1. The predicted octanol–water partition coefficient (Wildman–Crippen LogP) is 4.06. The molecule has 1 N–H and O–H groups in total. The zero-order valence-corrected chi connectivity index (χ0v) is 16.1. The van der Waals surface area contributed by atoms with Gasteiger partial charge in [0.2, 0.25) is 5.91 Å². The van der Waals surface area contributed by atoms with Gasteiger partial charge in [0.05, 0.1) is 13.0 Å². The van der Waals surface area contributed by atoms with Crippen LogP contribution in [0.5, 0.6) is 5.75 Å². The molecule has 3 aromatic rings. The third kappa shape index (κ3) is 5.11. The first-order chi connectivity index (χ1) is 13.0. The smallest absolute Gasteiger partial charge is 0.224 e. The number of halogens is 1. The Morgan fingerprint density at radius 2 is 1.89 bits per heavy atom. The molecule has 27 heavy (non-hydrogen) atoms. The summed E-state index contributed by atoms with van der Waals surface area (Å²) >= 11 is 5.99. The van der Waals surface area contributed by atoms with Gasteiger partial charge in [0.15, 0.2) is 0 Å². The molecule has 0 unspecified atom stereocenters. The molecule has 1 amide bonds. The van der Waals surface area contributed by atoms with Gasteiger partial charge in [-0.2, -0.15) is 0 Å². The van der Waals surface area contributed by atoms with E-state index in [1.165, 1.54) is 5.56 Å². The van der Waals surface area contributed by atoms with Crippen LogP contribution in [0.1, 0.15) is 29.4 Å². The largest absolute Gasteiger partial charge is 0.493 e. The number of nitrogens with one attached hydrogen (secondary N) is 1. The summed E-state index contributed by atoms with van der Waals surface area (Å²) in [7, 11) is 1.90. The van der Waals surface area contributed by atoms with Gasteiger partial charge in [-0.25, -0.2) is 4.98 Å². The van der Waals surface area contributed by atoms with Crippen LogP contribution in [-0.2, 0) is 11.8 Å². The number of ether oxygens (including phenoxy) is 1. The van der Waals surface area contributed by atoms with Crippen molar-refractivity contribution in [2.24, 2.45) is 7.05 Å². The van der Waals surface area contributed by atoms with Crippen LogP contribution < -0.4 is 10.1 Å². The van der Waals surface area contributed by atoms with Crippen molar-refractivity contribution >= 4 is 17.5 Å². The quantitative estimate of drug-likeness (QED) is 0.669. The van der Waals surface area contributed by atoms with E-state index in [-0.39, 0.29) is 18.4 Å². The standard InChI is InChI=1S/C21H22ClN3O2/c1-15-3-9-18(10-4-15)27-14-11-19(26)24-20(21-23-12-13-25(21)2)16-5-7-17(22)8-6-16/h3-10,12-13,20H,11,14H2,1-2H3,(H,24,26)/t20-/m0/s1. The average Bonchev–Trinajstić information content (AvgIpc) is 3.08. The van der Waals surface area contributed by atoms with Crippen molar-refractivity contribution in [3.63, 3.8) is 0 Å². The molecule has 0 bridgehead atoms. The maximum absolute atomic E-state index is 12.5. The van der Waals surface area contributed by atoms with Gasteiger partial charge < -0.3 is 14.6 Å². The number of carbonyl (C=O) groups is 1. The maximum atomic E-state index is 12.5. The van der Waals surface area contributed by atoms with E-state index in [0.29, 0.717) is 11.6 Å². The zero-order chi connectivity index (χ0) is 19.2. The third-order valence-electron chi connectivity index (χ3n) is 4.24. The van der Waals surface area contributed by atoms with Gasteiger partial charge in [0.25, 0.3) is 0 Å². The number of rotatable bonds is 7. The molecule has 3 rings (SSSR count). The van der Waals surface area contributed by atoms with Crippen molar-refractivity contribution in [1.29, 1.82) is 0 Å². The Labute approximate surface area is 164 Å². The summed E-state index contributed by atoms with van der Waals surface area (Å²) in [5, 5.41) is 3.69. The second kappa shape index (κ2) is 8.73. The number of benzene rings is 2. The van der Waals surface area contributed by atoms with E-state index in [2.05, 4.69) is 10.3 Å². The topological polar surface area (TPSA) is 56.1 Å². The molecule has 5 nitrogen and oxygen atoms in total. The summed E-state index contributed by atoms with van der Waals surface area (Å²) in [6.45, 7) is 2.33. The molecule has 0 saturated heterocycles. The lowest BCUT2D eigenvalue weighted by Crippen LogP contribution is -2.31. The van der Waals surface area contributed by atoms with Crippen LogP contribution in [-0.4, -0.2) is 22.1 Å². The fourth-order valence-electron chi connectivity index (χ4n) is 2.74. The highest BCUT2D eigenvalue weighted by Crippen LogP contribution is 2.22. The second-order valence-corrected chi connectivity index (χ2v) is 6.80. The van der Waals surface area contributed by atoms with E-state index in [9.17, 15) is 4.79 Å². The van der Waals surface area contributed by atoms with Gasteiger partial charge in [-0.05, 0) is 36.8 Å². The summed E-state index contributed by atoms with van der Waals surface area (Å²) in [5.41, 5.74) is 2.09. The molecule has 1 heterocycles. The molecular weight excluding hydrogens is 362 g/mol. The number of hydrogen-bond donors (Lipinski definition) is 1. The third-order valence-corrected chi connectivity index (χ3v) is 4.50. The first kappa shape index (κ1) is 19.0. The lowest BCUT2D eigenvalue weighted by Gasteiger charge is -2.19. The van der Waals surface area contributed by atoms with Crippen LogP contribution in [0.3, 0.4) is 0 Å². The van der Waals surface area contributed by atoms with Crippen molar-refractivity contribution in [2.75, 3.05) is 6.61 Å². The van der Waals surface area contributed by atoms with Crippen molar-refractivity contribution in [3.8, 4) is 5.75 Å². The Morgan fingerprint density at radius 1 is 1.19 bits per heavy atom. The molecule has 0 aliphatic heterocycles. The minimum Gasteiger partial charge on any atom is -0.493 e. The normalized spacial score (nSPS) is 11.8. The number of hydrogen-bond acceptors (Lipinski definition) is 3. The molecule has 2 aromatic carbocycles. The van der Waals surface area contributed by atoms with Gasteiger partial charge in [-0.15, -0.1) is 0 Å². The molecule has 0 fully saturated rings. The molecule has 0 spiro atoms. The highest BCUT2D eigenvalue weighted by molar-refractivity contribution is 6.30. The summed E-state index contributed by atoms with van der Waals surface area (Å²) < 4.78 is 7.54. The molecule has 0 radical (unpaired) electrons. The summed E-state index contributed by atoms with van der Waals surface area (Å²) in [4.78, 5) is 16.9. The zero-order valence-electron chi connectivity index (χ0n) is 15.4. The number of imidazole rings is 1. The fraction of sp³-hybridized carbons (Fsp3) is 0.238. The average molecular weight is 384 g/mol. The van der Waals surface area contributed by atoms with E-state index in [0.717, 1.165) is 17.1 Å². The highest BCUT2D eigenvalue weighted by Gasteiger charge is 2.20. The molecule has 140 valence electrons. The van der Waals surface area contributed by atoms with Gasteiger partial charge in [0, 0.05) is 24.5 Å². The highest BCUT2D eigenvalue weighted by atomic mass is 35.5. The van der Waals surface area contributed by atoms with Gasteiger partial charge in [-0.3, -0.25) is 4.79 Å². The van der Waals surface area contributed by atoms with Crippen molar-refractivity contribution in [1.82, 2.24) is 14.9 Å². The van der Waals surface area contributed by atoms with E-state index in [1.54, 1.807) is 18.3 Å². The Bertz CT molecular complexity index is 889. The SMILES string of the molecule is Cc1ccc(OCCC(=O)N[C@@H](c2ccc(Cl)cc2)c2nccn2C)cc1. The van der Waals surface area contributed by atoms with Crippen molar-refractivity contribution < 1.29 is 9.53 Å². The molecule has 0 aliphatic carbocycles. The fourth-order valence-corrected chi connectivity index (χ4v) is 2.86. The number of aromatic nitrogens is 2. The first-order valence-electron chi connectivity index (χ1n) is 8.74. The van der Waals surface area contributed by atoms with E-state index in [1.807, 2.05) is 61.1 Å². The van der Waals surface area contributed by atoms with Crippen LogP contribution in [0.2, 0.25) is 5.02 Å². The van der Waals surface area contributed by atoms with E-state index < -0.39 is 0 Å². The Morgan fingerprint density at radius 3 is 2.52 bits per heavy atom. The lowest BCUT2D eigenvalue weighted by atomic mass is 10.1. The predicted molar refractivity (Wildman–Crippen MR) is 106 cm³/mol. The minimum atomic E-state index is -0.353. The van der Waals surface area contributed by atoms with Crippen LogP contribution >= 0.6 is 11.6 Å². The van der Waals surface area contributed by atoms with Gasteiger partial charge in [0.1, 0.15) is 17.6 Å². The second-order valence-electron chi connectivity index (χ2n) is 6.36. The lowest BCUT2D eigenvalue weighted by molar-refractivity contribution is -0.122. The molecule has 1 atom stereocenters. The maximum Gasteiger partial charge on any atom is 0.224 e. The molecule has 1 aromatic heterocycles. The van der Waals surface area contributed by atoms with Crippen LogP contribution in [0.25, 0.3) is 0 Å². The summed E-state index contributed by atoms with van der Waals surface area (Å²) in [6, 6.07) is 14.8. The number of aryl methyl sites for hydroxylation is 2. The van der Waals surface area contributed by atoms with Crippen LogP contribution in [0.4, 0.5) is 0 Å². The van der Waals surface area contributed by atoms with E-state index in [4.69, 9.17) is 16.3 Å². The molecule has 6 heteroatoms. The Hall–Kier alpha value is -2.79. The monoisotopic (exact) mass is 383 g/mol. The number of carbonyl (C=O) groups excluding carboxylic acids is 1. The van der Waals surface area contributed by atoms with Crippen LogP contribution in [0.15, 0.2) is 60.9 Å². The van der Waals surface area contributed by atoms with Gasteiger partial charge in [-0.1, -0.05) is 41.4 Å². The summed E-state index contributed by atoms with van der Waals surface area (Å²) in [6.07, 6.45) is 3.82. The molecule has 0 aliphatic rings. The van der Waals surface area contributed by atoms with Crippen molar-refractivity contribution in [2.45, 2.75) is 19.4 Å². The van der Waals surface area contributed by atoms with Crippen LogP contribution in [0, 0.1) is 6.92 Å². The van der Waals surface area contributed by atoms with E-state index >= 15 is 0 Å². The van der Waals surface area contributed by atoms with Gasteiger partial charge >= 0.3 is 0 Å². The minimum absolute atomic E-state index is 0.106. The Balaban J connectivity index is 1.64. The Kier molecular flexibility index (Phi) is 6.14. The molecular formula is C21H22ClN3O2. The first-order valence-corrected chi connectivity index (χ1v) is 9.12. The molecule has 0 saturated carbocycles. The van der Waals surface area contributed by atoms with Crippen molar-refractivity contribution in [3.05, 3.63) is 82.9 Å². The summed E-state index contributed by atoms with van der Waals surface area (Å²) in [5.74, 6) is 1.40. The number of nitrogens with zero attached hydrogens (tertiary/aromatic N) is 2.